The van der Waals surface area contributed by atoms with Crippen molar-refractivity contribution in [1.82, 2.24) is 9.55 Å². The minimum Gasteiger partial charge on any atom is -0.497 e. The summed E-state index contributed by atoms with van der Waals surface area (Å²) in [7, 11) is 3.55. The number of aryl methyl sites for hydroxylation is 1. The third kappa shape index (κ3) is 2.40. The highest BCUT2D eigenvalue weighted by Crippen LogP contribution is 2.54. The van der Waals surface area contributed by atoms with Gasteiger partial charge in [0.2, 0.25) is 0 Å². The smallest absolute Gasteiger partial charge is 0.337 e. The van der Waals surface area contributed by atoms with Gasteiger partial charge in [-0.2, -0.15) is 0 Å². The number of hydrogen-bond donors (Lipinski definition) is 2. The summed E-state index contributed by atoms with van der Waals surface area (Å²) in [4.78, 5) is 16.3. The number of methoxy groups -OCH3 is 1. The molecule has 1 aliphatic carbocycles. The van der Waals surface area contributed by atoms with Crippen molar-refractivity contribution in [2.24, 2.45) is 13.0 Å². The predicted molar refractivity (Wildman–Crippen MR) is 107 cm³/mol. The minimum atomic E-state index is -0.923. The highest BCUT2D eigenvalue weighted by atomic mass is 16.5. The topological polar surface area (TPSA) is 76.4 Å². The van der Waals surface area contributed by atoms with Crippen molar-refractivity contribution in [3.05, 3.63) is 53.3 Å². The Labute approximate surface area is 163 Å². The van der Waals surface area contributed by atoms with Crippen LogP contribution in [0.1, 0.15) is 52.7 Å². The molecular formula is C22H23N3O3. The van der Waals surface area contributed by atoms with Crippen molar-refractivity contribution in [3.63, 3.8) is 0 Å². The van der Waals surface area contributed by atoms with Gasteiger partial charge in [-0.05, 0) is 54.5 Å². The van der Waals surface area contributed by atoms with Gasteiger partial charge in [-0.25, -0.2) is 9.78 Å². The molecule has 2 N–H and O–H groups in total. The molecule has 0 unspecified atom stereocenters. The third-order valence-corrected chi connectivity index (χ3v) is 6.43. The molecule has 3 aromatic rings. The molecule has 2 aliphatic rings. The van der Waals surface area contributed by atoms with Gasteiger partial charge in [0.15, 0.2) is 0 Å². The maximum absolute atomic E-state index is 11.7. The summed E-state index contributed by atoms with van der Waals surface area (Å²) >= 11 is 0. The first kappa shape index (κ1) is 17.1. The standard InChI is InChI=1S/C22H23N3O3/c1-25-11-23-20-15(7-8-16(21(20)25)22(26)27)19-14-5-3-4-13(14)17-10-12(28-2)6-9-18(17)24-19/h6-11,13-14,19,24H,3-5H2,1-2H3,(H,26,27)/t13-,14+,19-/m1/s1. The van der Waals surface area contributed by atoms with E-state index in [4.69, 9.17) is 4.74 Å². The maximum Gasteiger partial charge on any atom is 0.337 e. The van der Waals surface area contributed by atoms with E-state index in [0.717, 1.165) is 28.9 Å². The first-order valence-corrected chi connectivity index (χ1v) is 9.70. The number of nitrogens with one attached hydrogen (secondary N) is 1. The van der Waals surface area contributed by atoms with E-state index in [1.165, 1.54) is 18.4 Å². The summed E-state index contributed by atoms with van der Waals surface area (Å²) in [6.07, 6.45) is 5.21. The zero-order valence-electron chi connectivity index (χ0n) is 16.0. The number of aromatic nitrogens is 2. The summed E-state index contributed by atoms with van der Waals surface area (Å²) in [5.74, 6) is 0.908. The second-order valence-corrected chi connectivity index (χ2v) is 7.84. The maximum atomic E-state index is 11.7. The number of anilines is 1. The molecule has 0 amide bonds. The summed E-state index contributed by atoms with van der Waals surface area (Å²) in [6, 6.07) is 10.0. The van der Waals surface area contributed by atoms with Crippen LogP contribution < -0.4 is 10.1 Å². The lowest BCUT2D eigenvalue weighted by Crippen LogP contribution is -2.29. The van der Waals surface area contributed by atoms with Gasteiger partial charge in [-0.3, -0.25) is 0 Å². The van der Waals surface area contributed by atoms with Crippen LogP contribution in [0, 0.1) is 5.92 Å². The van der Waals surface area contributed by atoms with Crippen LogP contribution in [0.3, 0.4) is 0 Å². The van der Waals surface area contributed by atoms with Crippen molar-refractivity contribution >= 4 is 22.7 Å². The van der Waals surface area contributed by atoms with Gasteiger partial charge in [0.05, 0.1) is 36.1 Å². The van der Waals surface area contributed by atoms with Crippen LogP contribution >= 0.6 is 0 Å². The number of hydrogen-bond acceptors (Lipinski definition) is 4. The summed E-state index contributed by atoms with van der Waals surface area (Å²) < 4.78 is 7.24. The first-order valence-electron chi connectivity index (χ1n) is 9.70. The number of ether oxygens (including phenoxy) is 1. The summed E-state index contributed by atoms with van der Waals surface area (Å²) in [5.41, 5.74) is 5.31. The monoisotopic (exact) mass is 377 g/mol. The summed E-state index contributed by atoms with van der Waals surface area (Å²) in [5, 5.41) is 13.3. The molecule has 1 saturated carbocycles. The highest BCUT2D eigenvalue weighted by Gasteiger charge is 2.41. The van der Waals surface area contributed by atoms with Gasteiger partial charge in [0.25, 0.3) is 0 Å². The van der Waals surface area contributed by atoms with Crippen LogP contribution in [0.25, 0.3) is 11.0 Å². The number of benzene rings is 2. The molecule has 0 bridgehead atoms. The molecule has 0 radical (unpaired) electrons. The third-order valence-electron chi connectivity index (χ3n) is 6.43. The second-order valence-electron chi connectivity index (χ2n) is 7.84. The Bertz CT molecular complexity index is 1090. The van der Waals surface area contributed by atoms with Crippen LogP contribution in [0.4, 0.5) is 5.69 Å². The van der Waals surface area contributed by atoms with Gasteiger partial charge in [0.1, 0.15) is 5.75 Å². The lowest BCUT2D eigenvalue weighted by molar-refractivity contribution is 0.0698. The first-order chi connectivity index (χ1) is 13.6. The molecular weight excluding hydrogens is 354 g/mol. The van der Waals surface area contributed by atoms with Gasteiger partial charge >= 0.3 is 5.97 Å². The largest absolute Gasteiger partial charge is 0.497 e. The van der Waals surface area contributed by atoms with E-state index in [1.807, 2.05) is 19.2 Å². The number of nitrogens with zero attached hydrogens (tertiary/aromatic N) is 2. The Kier molecular flexibility index (Phi) is 3.82. The van der Waals surface area contributed by atoms with Crippen LogP contribution in [-0.4, -0.2) is 27.7 Å². The molecule has 1 fully saturated rings. The number of rotatable bonds is 3. The Morgan fingerprint density at radius 3 is 2.89 bits per heavy atom. The molecule has 0 saturated heterocycles. The van der Waals surface area contributed by atoms with Crippen LogP contribution in [0.2, 0.25) is 0 Å². The quantitative estimate of drug-likeness (QED) is 0.710. The van der Waals surface area contributed by atoms with E-state index < -0.39 is 5.97 Å². The molecule has 2 heterocycles. The molecule has 144 valence electrons. The number of imidazole rings is 1. The molecule has 6 heteroatoms. The highest BCUT2D eigenvalue weighted by molar-refractivity contribution is 6.02. The Hall–Kier alpha value is -3.02. The molecule has 1 aromatic heterocycles. The normalized spacial score (nSPS) is 23.1. The van der Waals surface area contributed by atoms with E-state index in [-0.39, 0.29) is 6.04 Å². The number of carboxylic acids is 1. The van der Waals surface area contributed by atoms with Crippen molar-refractivity contribution in [2.75, 3.05) is 12.4 Å². The zero-order chi connectivity index (χ0) is 19.4. The predicted octanol–water partition coefficient (Wildman–Crippen LogP) is 4.33. The van der Waals surface area contributed by atoms with E-state index in [0.29, 0.717) is 22.9 Å². The second kappa shape index (κ2) is 6.26. The number of carbonyl (C=O) groups is 1. The Morgan fingerprint density at radius 1 is 1.25 bits per heavy atom. The average Bonchev–Trinajstić information content (AvgIpc) is 3.34. The van der Waals surface area contributed by atoms with Crippen LogP contribution in [0.15, 0.2) is 36.7 Å². The molecule has 28 heavy (non-hydrogen) atoms. The molecule has 2 aromatic carbocycles. The van der Waals surface area contributed by atoms with E-state index in [1.54, 1.807) is 24.1 Å². The fourth-order valence-corrected chi connectivity index (χ4v) is 5.18. The fourth-order valence-electron chi connectivity index (χ4n) is 5.18. The molecule has 5 rings (SSSR count). The van der Waals surface area contributed by atoms with E-state index in [2.05, 4.69) is 22.4 Å². The van der Waals surface area contributed by atoms with Crippen molar-refractivity contribution < 1.29 is 14.6 Å². The van der Waals surface area contributed by atoms with Gasteiger partial charge in [0, 0.05) is 18.3 Å². The van der Waals surface area contributed by atoms with Gasteiger partial charge in [-0.1, -0.05) is 12.5 Å². The summed E-state index contributed by atoms with van der Waals surface area (Å²) in [6.45, 7) is 0. The van der Waals surface area contributed by atoms with Gasteiger partial charge in [-0.15, -0.1) is 0 Å². The SMILES string of the molecule is COc1ccc2c(c1)[C@@H]1CCC[C@@H]1[C@H](c1ccc(C(=O)O)c3c1ncn3C)N2. The van der Waals surface area contributed by atoms with Gasteiger partial charge < -0.3 is 19.7 Å². The van der Waals surface area contributed by atoms with Crippen molar-refractivity contribution in [1.29, 1.82) is 0 Å². The lowest BCUT2D eigenvalue weighted by atomic mass is 9.77. The van der Waals surface area contributed by atoms with Crippen LogP contribution in [0.5, 0.6) is 5.75 Å². The number of fused-ring (bicyclic) bond motifs is 4. The molecule has 1 aliphatic heterocycles. The molecule has 3 atom stereocenters. The molecule has 6 nitrogen and oxygen atoms in total. The lowest BCUT2D eigenvalue weighted by Gasteiger charge is -2.38. The van der Waals surface area contributed by atoms with Crippen molar-refractivity contribution in [2.45, 2.75) is 31.2 Å². The Morgan fingerprint density at radius 2 is 2.11 bits per heavy atom. The minimum absolute atomic E-state index is 0.119. The van der Waals surface area contributed by atoms with E-state index >= 15 is 0 Å². The number of aromatic carboxylic acids is 1. The number of carboxylic acid groups (broad SMARTS) is 1. The van der Waals surface area contributed by atoms with Crippen LogP contribution in [-0.2, 0) is 7.05 Å². The Balaban J connectivity index is 1.66. The zero-order valence-corrected chi connectivity index (χ0v) is 16.0. The fraction of sp³-hybridized carbons (Fsp3) is 0.364. The molecule has 0 spiro atoms. The average molecular weight is 377 g/mol. The van der Waals surface area contributed by atoms with E-state index in [9.17, 15) is 9.90 Å². The van der Waals surface area contributed by atoms with Crippen molar-refractivity contribution in [3.8, 4) is 5.75 Å².